The molecule has 1 atom stereocenters. The Morgan fingerprint density at radius 1 is 0.897 bits per heavy atom. The van der Waals surface area contributed by atoms with Crippen LogP contribution in [0.15, 0.2) is 78.4 Å². The van der Waals surface area contributed by atoms with Crippen molar-refractivity contribution >= 4 is 17.8 Å². The van der Waals surface area contributed by atoms with E-state index in [1.54, 1.807) is 24.3 Å². The summed E-state index contributed by atoms with van der Waals surface area (Å²) < 4.78 is 11.2. The van der Waals surface area contributed by atoms with Crippen molar-refractivity contribution in [3.8, 4) is 5.75 Å². The molecule has 2 aliphatic carbocycles. The van der Waals surface area contributed by atoms with Crippen LogP contribution in [0.4, 0.5) is 0 Å². The quantitative estimate of drug-likeness (QED) is 0.337. The second-order valence-corrected chi connectivity index (χ2v) is 10.4. The van der Waals surface area contributed by atoms with Crippen LogP contribution < -0.4 is 15.4 Å². The number of carbonyl (C=O) groups excluding carboxylic acids is 3. The van der Waals surface area contributed by atoms with Gasteiger partial charge in [0.05, 0.1) is 18.6 Å². The fraction of sp³-hybridized carbons (Fsp3) is 0.406. The summed E-state index contributed by atoms with van der Waals surface area (Å²) in [6.45, 7) is 5.01. The van der Waals surface area contributed by atoms with E-state index >= 15 is 0 Å². The zero-order valence-electron chi connectivity index (χ0n) is 22.8. The van der Waals surface area contributed by atoms with Crippen LogP contribution >= 0.6 is 0 Å². The number of esters is 1. The standard InChI is InChI=1S/C32H38N2O5/c1-3-38-31(37)24-13-17-28(18-14-24)39-27-15-11-23(12-16-27)29(35)33-20-21-34-30(36)25-8-7-19-32(2,22-25)26-9-5-4-6-10-26/h4-12,15-16,22,24,28H,3,13-14,17-21H2,1-2H3,(H,33,35)(H,34,36)/t24-,28+,32?. The predicted octanol–water partition coefficient (Wildman–Crippen LogP) is 4.88. The van der Waals surface area contributed by atoms with E-state index in [1.807, 2.05) is 43.4 Å². The first-order valence-corrected chi connectivity index (χ1v) is 13.8. The third kappa shape index (κ3) is 7.59. The Morgan fingerprint density at radius 2 is 1.56 bits per heavy atom. The summed E-state index contributed by atoms with van der Waals surface area (Å²) in [5.41, 5.74) is 2.10. The SMILES string of the molecule is CCOC(=O)[C@H]1CC[C@@H](Oc2ccc(C(=O)NCCNC(=O)C3=CC(C)(c4ccccc4)CC=C3)cc2)CC1. The van der Waals surface area contributed by atoms with Crippen molar-refractivity contribution in [3.05, 3.63) is 89.5 Å². The maximum absolute atomic E-state index is 12.7. The fourth-order valence-electron chi connectivity index (χ4n) is 5.15. The van der Waals surface area contributed by atoms with Crippen LogP contribution in [0.2, 0.25) is 0 Å². The maximum atomic E-state index is 12.7. The van der Waals surface area contributed by atoms with E-state index in [9.17, 15) is 14.4 Å². The first-order valence-electron chi connectivity index (χ1n) is 13.8. The molecular formula is C32H38N2O5. The molecule has 2 aliphatic rings. The molecule has 0 bridgehead atoms. The maximum Gasteiger partial charge on any atom is 0.308 e. The number of hydrogen-bond acceptors (Lipinski definition) is 5. The number of carbonyl (C=O) groups is 3. The van der Waals surface area contributed by atoms with E-state index in [1.165, 1.54) is 5.56 Å². The van der Waals surface area contributed by atoms with Gasteiger partial charge >= 0.3 is 5.97 Å². The van der Waals surface area contributed by atoms with Crippen LogP contribution in [0.1, 0.15) is 61.9 Å². The molecule has 0 aliphatic heterocycles. The van der Waals surface area contributed by atoms with Gasteiger partial charge in [-0.05, 0) is 68.9 Å². The fourth-order valence-corrected chi connectivity index (χ4v) is 5.15. The van der Waals surface area contributed by atoms with Crippen molar-refractivity contribution in [2.75, 3.05) is 19.7 Å². The van der Waals surface area contributed by atoms with Crippen LogP contribution in [0.3, 0.4) is 0 Å². The first kappa shape index (κ1) is 28.1. The van der Waals surface area contributed by atoms with E-state index in [0.717, 1.165) is 32.1 Å². The molecule has 0 radical (unpaired) electrons. The molecule has 4 rings (SSSR count). The minimum Gasteiger partial charge on any atom is -0.490 e. The Balaban J connectivity index is 1.19. The molecule has 1 fully saturated rings. The summed E-state index contributed by atoms with van der Waals surface area (Å²) in [5.74, 6) is 0.194. The summed E-state index contributed by atoms with van der Waals surface area (Å²) in [7, 11) is 0. The highest BCUT2D eigenvalue weighted by molar-refractivity contribution is 5.97. The Hall–Kier alpha value is -3.87. The molecule has 1 saturated carbocycles. The number of benzene rings is 2. The van der Waals surface area contributed by atoms with Crippen LogP contribution in [-0.2, 0) is 19.7 Å². The predicted molar refractivity (Wildman–Crippen MR) is 150 cm³/mol. The molecule has 2 aromatic carbocycles. The van der Waals surface area contributed by atoms with E-state index < -0.39 is 0 Å². The highest BCUT2D eigenvalue weighted by Crippen LogP contribution is 2.34. The minimum atomic E-state index is -0.227. The van der Waals surface area contributed by atoms with Crippen molar-refractivity contribution in [2.45, 2.75) is 57.5 Å². The molecule has 0 aromatic heterocycles. The van der Waals surface area contributed by atoms with Gasteiger partial charge in [-0.1, -0.05) is 55.5 Å². The normalized spacial score (nSPS) is 22.4. The van der Waals surface area contributed by atoms with Crippen molar-refractivity contribution < 1.29 is 23.9 Å². The molecule has 206 valence electrons. The van der Waals surface area contributed by atoms with Gasteiger partial charge in [-0.25, -0.2) is 0 Å². The number of nitrogens with one attached hydrogen (secondary N) is 2. The van der Waals surface area contributed by atoms with Crippen LogP contribution in [0, 0.1) is 5.92 Å². The summed E-state index contributed by atoms with van der Waals surface area (Å²) in [4.78, 5) is 37.2. The topological polar surface area (TPSA) is 93.7 Å². The van der Waals surface area contributed by atoms with Gasteiger partial charge in [-0.2, -0.15) is 0 Å². The van der Waals surface area contributed by atoms with Crippen LogP contribution in [-0.4, -0.2) is 43.6 Å². The van der Waals surface area contributed by atoms with Gasteiger partial charge in [-0.3, -0.25) is 14.4 Å². The van der Waals surface area contributed by atoms with E-state index in [0.29, 0.717) is 36.6 Å². The number of allylic oxidation sites excluding steroid dienone is 2. The van der Waals surface area contributed by atoms with Crippen molar-refractivity contribution in [1.29, 1.82) is 0 Å². The lowest BCUT2D eigenvalue weighted by atomic mass is 9.75. The minimum absolute atomic E-state index is 0.0361. The number of ether oxygens (including phenoxy) is 2. The zero-order chi connectivity index (χ0) is 27.7. The molecule has 7 nitrogen and oxygen atoms in total. The molecule has 1 unspecified atom stereocenters. The monoisotopic (exact) mass is 530 g/mol. The number of amides is 2. The Bertz CT molecular complexity index is 1200. The molecule has 0 spiro atoms. The molecule has 7 heteroatoms. The van der Waals surface area contributed by atoms with E-state index in [-0.39, 0.29) is 35.2 Å². The molecule has 2 amide bonds. The molecule has 2 N–H and O–H groups in total. The Morgan fingerprint density at radius 3 is 2.23 bits per heavy atom. The number of rotatable bonds is 10. The van der Waals surface area contributed by atoms with Crippen LogP contribution in [0.5, 0.6) is 5.75 Å². The average Bonchev–Trinajstić information content (AvgIpc) is 2.96. The molecule has 0 saturated heterocycles. The molecule has 2 aromatic rings. The summed E-state index contributed by atoms with van der Waals surface area (Å²) in [6.07, 6.45) is 9.93. The van der Waals surface area contributed by atoms with Crippen molar-refractivity contribution in [3.63, 3.8) is 0 Å². The Kier molecular flexibility index (Phi) is 9.58. The Labute approximate surface area is 230 Å². The van der Waals surface area contributed by atoms with Gasteiger partial charge in [0.1, 0.15) is 5.75 Å². The van der Waals surface area contributed by atoms with Gasteiger partial charge in [0.2, 0.25) is 0 Å². The van der Waals surface area contributed by atoms with E-state index in [2.05, 4.69) is 29.7 Å². The van der Waals surface area contributed by atoms with Gasteiger partial charge in [0.25, 0.3) is 11.8 Å². The summed E-state index contributed by atoms with van der Waals surface area (Å²) in [6, 6.07) is 17.2. The second-order valence-electron chi connectivity index (χ2n) is 10.4. The van der Waals surface area contributed by atoms with Crippen LogP contribution in [0.25, 0.3) is 0 Å². The smallest absolute Gasteiger partial charge is 0.308 e. The molecular weight excluding hydrogens is 492 g/mol. The highest BCUT2D eigenvalue weighted by Gasteiger charge is 2.29. The van der Waals surface area contributed by atoms with Crippen molar-refractivity contribution in [1.82, 2.24) is 10.6 Å². The molecule has 0 heterocycles. The second kappa shape index (κ2) is 13.3. The van der Waals surface area contributed by atoms with Crippen molar-refractivity contribution in [2.24, 2.45) is 5.92 Å². The van der Waals surface area contributed by atoms with Gasteiger partial charge in [0.15, 0.2) is 0 Å². The van der Waals surface area contributed by atoms with Gasteiger partial charge in [-0.15, -0.1) is 0 Å². The lowest BCUT2D eigenvalue weighted by molar-refractivity contribution is -0.149. The lowest BCUT2D eigenvalue weighted by Gasteiger charge is -2.29. The number of hydrogen-bond donors (Lipinski definition) is 2. The van der Waals surface area contributed by atoms with Gasteiger partial charge in [0, 0.05) is 29.6 Å². The first-order chi connectivity index (χ1) is 18.9. The summed E-state index contributed by atoms with van der Waals surface area (Å²) in [5, 5.41) is 5.75. The summed E-state index contributed by atoms with van der Waals surface area (Å²) >= 11 is 0. The third-order valence-corrected chi connectivity index (χ3v) is 7.42. The zero-order valence-corrected chi connectivity index (χ0v) is 22.8. The highest BCUT2D eigenvalue weighted by atomic mass is 16.5. The third-order valence-electron chi connectivity index (χ3n) is 7.42. The van der Waals surface area contributed by atoms with E-state index in [4.69, 9.17) is 9.47 Å². The average molecular weight is 531 g/mol. The largest absolute Gasteiger partial charge is 0.490 e. The molecule has 39 heavy (non-hydrogen) atoms. The van der Waals surface area contributed by atoms with Gasteiger partial charge < -0.3 is 20.1 Å². The lowest BCUT2D eigenvalue weighted by Crippen LogP contribution is -2.36.